The van der Waals surface area contributed by atoms with Crippen LogP contribution in [-0.2, 0) is 11.3 Å². The number of hydrogen-bond acceptors (Lipinski definition) is 4. The molecule has 0 spiro atoms. The summed E-state index contributed by atoms with van der Waals surface area (Å²) in [6.07, 6.45) is -4.42. The molecule has 0 unspecified atom stereocenters. The van der Waals surface area contributed by atoms with Gasteiger partial charge >= 0.3 is 6.36 Å². The number of piperazine rings is 1. The zero-order valence-electron chi connectivity index (χ0n) is 16.3. The Kier molecular flexibility index (Phi) is 7.28. The smallest absolute Gasteiger partial charge is 0.406 e. The van der Waals surface area contributed by atoms with Gasteiger partial charge in [0.2, 0.25) is 5.91 Å². The number of nitrogens with one attached hydrogen (secondary N) is 1. The van der Waals surface area contributed by atoms with Gasteiger partial charge in [0, 0.05) is 45.7 Å². The number of para-hydroxylation sites is 1. The van der Waals surface area contributed by atoms with Crippen molar-refractivity contribution in [2.45, 2.75) is 19.3 Å². The molecule has 1 amide bonds. The molecule has 5 nitrogen and oxygen atoms in total. The second kappa shape index (κ2) is 9.90. The molecule has 1 aliphatic rings. The summed E-state index contributed by atoms with van der Waals surface area (Å²) in [5.74, 6) is -0.925. The highest BCUT2D eigenvalue weighted by Crippen LogP contribution is 2.23. The average molecular weight is 425 g/mol. The van der Waals surface area contributed by atoms with Gasteiger partial charge < -0.3 is 15.0 Å². The Bertz CT molecular complexity index is 835. The van der Waals surface area contributed by atoms with Gasteiger partial charge in [0.1, 0.15) is 11.6 Å². The molecule has 9 heteroatoms. The topological polar surface area (TPSA) is 44.8 Å². The Morgan fingerprint density at radius 3 is 2.23 bits per heavy atom. The van der Waals surface area contributed by atoms with Crippen molar-refractivity contribution < 1.29 is 27.1 Å². The van der Waals surface area contributed by atoms with Crippen LogP contribution < -0.4 is 10.1 Å². The van der Waals surface area contributed by atoms with Crippen LogP contribution in [-0.4, -0.2) is 54.8 Å². The first-order valence-corrected chi connectivity index (χ1v) is 9.62. The number of carbonyl (C=O) groups excluding carboxylic acids is 1. The van der Waals surface area contributed by atoms with Gasteiger partial charge in [0.25, 0.3) is 0 Å². The summed E-state index contributed by atoms with van der Waals surface area (Å²) in [6.45, 7) is 4.35. The van der Waals surface area contributed by atoms with E-state index >= 15 is 0 Å². The zero-order chi connectivity index (χ0) is 21.6. The van der Waals surface area contributed by atoms with Crippen LogP contribution in [0.25, 0.3) is 0 Å². The summed E-state index contributed by atoms with van der Waals surface area (Å²) in [7, 11) is 0. The van der Waals surface area contributed by atoms with Crippen molar-refractivity contribution in [3.8, 4) is 5.75 Å². The third kappa shape index (κ3) is 7.00. The molecule has 3 rings (SSSR count). The van der Waals surface area contributed by atoms with Crippen LogP contribution >= 0.6 is 0 Å². The van der Waals surface area contributed by atoms with E-state index < -0.39 is 12.2 Å². The fourth-order valence-electron chi connectivity index (χ4n) is 3.26. The number of hydrogen-bond donors (Lipinski definition) is 1. The summed E-state index contributed by atoms with van der Waals surface area (Å²) in [6, 6.07) is 11.9. The van der Waals surface area contributed by atoms with Crippen LogP contribution in [0.4, 0.5) is 23.2 Å². The molecule has 0 bridgehead atoms. The third-order valence-electron chi connectivity index (χ3n) is 4.83. The van der Waals surface area contributed by atoms with E-state index in [1.807, 2.05) is 0 Å². The lowest BCUT2D eigenvalue weighted by Gasteiger charge is -2.34. The standard InChI is InChI=1S/C21H23F4N3O2/c22-18-3-1-2-4-19(18)26-20(29)9-10-27-11-13-28(14-12-27)15-16-5-7-17(8-6-16)30-21(23,24)25/h1-8H,9-15H2,(H,26,29). The first-order valence-electron chi connectivity index (χ1n) is 9.62. The number of benzene rings is 2. The van der Waals surface area contributed by atoms with Crippen molar-refractivity contribution in [2.24, 2.45) is 0 Å². The highest BCUT2D eigenvalue weighted by Gasteiger charge is 2.31. The Labute approximate surface area is 172 Å². The zero-order valence-corrected chi connectivity index (χ0v) is 16.3. The second-order valence-corrected chi connectivity index (χ2v) is 7.09. The van der Waals surface area contributed by atoms with E-state index in [4.69, 9.17) is 0 Å². The maximum atomic E-state index is 13.6. The summed E-state index contributed by atoms with van der Waals surface area (Å²) >= 11 is 0. The van der Waals surface area contributed by atoms with Gasteiger partial charge in [0.15, 0.2) is 0 Å². The van der Waals surface area contributed by atoms with Gasteiger partial charge in [0.05, 0.1) is 5.69 Å². The van der Waals surface area contributed by atoms with Gasteiger partial charge in [-0.3, -0.25) is 9.69 Å². The van der Waals surface area contributed by atoms with Crippen LogP contribution in [0.5, 0.6) is 5.75 Å². The summed E-state index contributed by atoms with van der Waals surface area (Å²) in [5.41, 5.74) is 1.08. The molecule has 0 aromatic heterocycles. The molecule has 1 N–H and O–H groups in total. The highest BCUT2D eigenvalue weighted by atomic mass is 19.4. The van der Waals surface area contributed by atoms with E-state index in [1.165, 1.54) is 24.3 Å². The monoisotopic (exact) mass is 425 g/mol. The molecule has 2 aromatic carbocycles. The number of anilines is 1. The first kappa shape index (κ1) is 22.0. The molecule has 0 aliphatic carbocycles. The molecule has 1 fully saturated rings. The number of halogens is 4. The van der Waals surface area contributed by atoms with Crippen molar-refractivity contribution in [3.05, 3.63) is 59.9 Å². The Hall–Kier alpha value is -2.65. The lowest BCUT2D eigenvalue weighted by atomic mass is 10.2. The van der Waals surface area contributed by atoms with Crippen LogP contribution in [0, 0.1) is 5.82 Å². The fourth-order valence-corrected chi connectivity index (χ4v) is 3.26. The van der Waals surface area contributed by atoms with Gasteiger partial charge in [-0.2, -0.15) is 0 Å². The molecule has 0 saturated carbocycles. The van der Waals surface area contributed by atoms with E-state index in [-0.39, 0.29) is 23.8 Å². The molecule has 1 aliphatic heterocycles. The van der Waals surface area contributed by atoms with Gasteiger partial charge in [-0.15, -0.1) is 13.2 Å². The molecule has 162 valence electrons. The minimum absolute atomic E-state index is 0.180. The first-order chi connectivity index (χ1) is 14.3. The van der Waals surface area contributed by atoms with Crippen LogP contribution in [0.1, 0.15) is 12.0 Å². The van der Waals surface area contributed by atoms with E-state index in [0.29, 0.717) is 13.1 Å². The third-order valence-corrected chi connectivity index (χ3v) is 4.83. The predicted molar refractivity (Wildman–Crippen MR) is 104 cm³/mol. The fraction of sp³-hybridized carbons (Fsp3) is 0.381. The SMILES string of the molecule is O=C(CCN1CCN(Cc2ccc(OC(F)(F)F)cc2)CC1)Nc1ccccc1F. The molecule has 0 radical (unpaired) electrons. The Balaban J connectivity index is 1.37. The van der Waals surface area contributed by atoms with Crippen LogP contribution in [0.3, 0.4) is 0 Å². The van der Waals surface area contributed by atoms with Crippen molar-refractivity contribution in [3.63, 3.8) is 0 Å². The molecular weight excluding hydrogens is 402 g/mol. The Morgan fingerprint density at radius 1 is 0.967 bits per heavy atom. The van der Waals surface area contributed by atoms with Crippen molar-refractivity contribution >= 4 is 11.6 Å². The second-order valence-electron chi connectivity index (χ2n) is 7.09. The van der Waals surface area contributed by atoms with Crippen LogP contribution in [0.2, 0.25) is 0 Å². The van der Waals surface area contributed by atoms with E-state index in [1.54, 1.807) is 24.3 Å². The number of rotatable bonds is 7. The highest BCUT2D eigenvalue weighted by molar-refractivity contribution is 5.90. The normalized spacial score (nSPS) is 15.7. The number of ether oxygens (including phenoxy) is 1. The Morgan fingerprint density at radius 2 is 1.60 bits per heavy atom. The van der Waals surface area contributed by atoms with E-state index in [2.05, 4.69) is 19.9 Å². The van der Waals surface area contributed by atoms with Gasteiger partial charge in [-0.05, 0) is 29.8 Å². The molecule has 1 heterocycles. The summed E-state index contributed by atoms with van der Waals surface area (Å²) < 4.78 is 54.1. The maximum absolute atomic E-state index is 13.6. The number of alkyl halides is 3. The van der Waals surface area contributed by atoms with Crippen LogP contribution in [0.15, 0.2) is 48.5 Å². The predicted octanol–water partition coefficient (Wildman–Crippen LogP) is 3.87. The lowest BCUT2D eigenvalue weighted by Crippen LogP contribution is -2.46. The minimum atomic E-state index is -4.69. The largest absolute Gasteiger partial charge is 0.573 e. The van der Waals surface area contributed by atoms with Crippen molar-refractivity contribution in [2.75, 3.05) is 38.0 Å². The summed E-state index contributed by atoms with van der Waals surface area (Å²) in [4.78, 5) is 16.4. The number of nitrogens with zero attached hydrogens (tertiary/aromatic N) is 2. The summed E-state index contributed by atoms with van der Waals surface area (Å²) in [5, 5.41) is 2.58. The van der Waals surface area contributed by atoms with Crippen molar-refractivity contribution in [1.82, 2.24) is 9.80 Å². The maximum Gasteiger partial charge on any atom is 0.573 e. The quantitative estimate of drug-likeness (QED) is 0.684. The molecule has 30 heavy (non-hydrogen) atoms. The average Bonchev–Trinajstić information content (AvgIpc) is 2.70. The minimum Gasteiger partial charge on any atom is -0.406 e. The molecule has 0 atom stereocenters. The van der Waals surface area contributed by atoms with E-state index in [9.17, 15) is 22.4 Å². The van der Waals surface area contributed by atoms with E-state index in [0.717, 1.165) is 31.7 Å². The van der Waals surface area contributed by atoms with Gasteiger partial charge in [-0.1, -0.05) is 24.3 Å². The van der Waals surface area contributed by atoms with Gasteiger partial charge in [-0.25, -0.2) is 4.39 Å². The van der Waals surface area contributed by atoms with Crippen molar-refractivity contribution in [1.29, 1.82) is 0 Å². The number of amides is 1. The molecular formula is C21H23F4N3O2. The lowest BCUT2D eigenvalue weighted by molar-refractivity contribution is -0.274. The number of carbonyl (C=O) groups is 1. The molecule has 2 aromatic rings. The molecule has 1 saturated heterocycles.